The SMILES string of the molecule is O=P1(c2ccccc2)N[C@H](c2ccccc2)[C@@H](c2ccccc2)N1. The zero-order valence-corrected chi connectivity index (χ0v) is 14.1. The summed E-state index contributed by atoms with van der Waals surface area (Å²) in [6, 6.07) is 29.9. The van der Waals surface area contributed by atoms with Gasteiger partial charge in [-0.2, -0.15) is 0 Å². The van der Waals surface area contributed by atoms with Crippen LogP contribution in [0, 0.1) is 0 Å². The molecular weight excluding hydrogens is 315 g/mol. The van der Waals surface area contributed by atoms with Crippen LogP contribution in [0.2, 0.25) is 0 Å². The van der Waals surface area contributed by atoms with Gasteiger partial charge in [-0.1, -0.05) is 78.9 Å². The minimum atomic E-state index is -2.87. The lowest BCUT2D eigenvalue weighted by Gasteiger charge is -2.19. The molecular formula is C20H19N2OP. The summed E-state index contributed by atoms with van der Waals surface area (Å²) in [5.74, 6) is 0. The van der Waals surface area contributed by atoms with Crippen molar-refractivity contribution in [3.05, 3.63) is 102 Å². The van der Waals surface area contributed by atoms with Gasteiger partial charge in [-0.25, -0.2) is 10.2 Å². The third-order valence-corrected chi connectivity index (χ3v) is 6.72. The maximum atomic E-state index is 13.6. The van der Waals surface area contributed by atoms with E-state index in [0.29, 0.717) is 0 Å². The van der Waals surface area contributed by atoms with E-state index < -0.39 is 7.44 Å². The maximum Gasteiger partial charge on any atom is 0.241 e. The maximum absolute atomic E-state index is 13.6. The summed E-state index contributed by atoms with van der Waals surface area (Å²) in [6.07, 6.45) is 0. The quantitative estimate of drug-likeness (QED) is 0.706. The summed E-state index contributed by atoms with van der Waals surface area (Å²) in [5, 5.41) is 7.60. The Morgan fingerprint density at radius 2 is 0.958 bits per heavy atom. The molecule has 3 aromatic carbocycles. The van der Waals surface area contributed by atoms with E-state index in [-0.39, 0.29) is 12.1 Å². The first-order valence-corrected chi connectivity index (χ1v) is 9.78. The van der Waals surface area contributed by atoms with Crippen LogP contribution in [0.25, 0.3) is 0 Å². The molecule has 2 atom stereocenters. The molecule has 1 heterocycles. The second-order valence-corrected chi connectivity index (χ2v) is 8.23. The van der Waals surface area contributed by atoms with Crippen LogP contribution in [0.3, 0.4) is 0 Å². The van der Waals surface area contributed by atoms with Crippen LogP contribution in [-0.4, -0.2) is 0 Å². The number of hydrogen-bond donors (Lipinski definition) is 2. The highest BCUT2D eigenvalue weighted by Crippen LogP contribution is 2.51. The molecule has 24 heavy (non-hydrogen) atoms. The molecule has 0 spiro atoms. The molecule has 0 saturated carbocycles. The first-order chi connectivity index (χ1) is 11.8. The summed E-state index contributed by atoms with van der Waals surface area (Å²) in [6.45, 7) is 0. The largest absolute Gasteiger partial charge is 0.284 e. The Bertz CT molecular complexity index is 801. The van der Waals surface area contributed by atoms with E-state index >= 15 is 0 Å². The number of nitrogens with one attached hydrogen (secondary N) is 2. The number of hydrogen-bond acceptors (Lipinski definition) is 1. The average Bonchev–Trinajstić information content (AvgIpc) is 3.03. The van der Waals surface area contributed by atoms with Crippen LogP contribution in [-0.2, 0) is 4.57 Å². The molecule has 0 aromatic heterocycles. The summed E-state index contributed by atoms with van der Waals surface area (Å²) < 4.78 is 13.6. The number of benzene rings is 3. The Labute approximate surface area is 142 Å². The molecule has 2 N–H and O–H groups in total. The van der Waals surface area contributed by atoms with Crippen LogP contribution in [0.15, 0.2) is 91.0 Å². The van der Waals surface area contributed by atoms with Crippen LogP contribution >= 0.6 is 7.44 Å². The van der Waals surface area contributed by atoms with E-state index in [4.69, 9.17) is 0 Å². The van der Waals surface area contributed by atoms with E-state index in [1.54, 1.807) is 0 Å². The van der Waals surface area contributed by atoms with Crippen molar-refractivity contribution in [1.82, 2.24) is 10.2 Å². The molecule has 3 nitrogen and oxygen atoms in total. The molecule has 0 aliphatic carbocycles. The van der Waals surface area contributed by atoms with Crippen molar-refractivity contribution >= 4 is 12.7 Å². The normalized spacial score (nSPS) is 22.3. The molecule has 1 aliphatic rings. The van der Waals surface area contributed by atoms with Crippen molar-refractivity contribution in [2.24, 2.45) is 0 Å². The first kappa shape index (κ1) is 15.3. The highest BCUT2D eigenvalue weighted by atomic mass is 31.2. The van der Waals surface area contributed by atoms with Crippen molar-refractivity contribution in [3.63, 3.8) is 0 Å². The summed E-state index contributed by atoms with van der Waals surface area (Å²) in [5.41, 5.74) is 2.26. The minimum Gasteiger partial charge on any atom is -0.284 e. The lowest BCUT2D eigenvalue weighted by Crippen LogP contribution is -2.19. The van der Waals surface area contributed by atoms with Gasteiger partial charge >= 0.3 is 0 Å². The second-order valence-electron chi connectivity index (χ2n) is 5.98. The van der Waals surface area contributed by atoms with Crippen LogP contribution < -0.4 is 15.5 Å². The van der Waals surface area contributed by atoms with Gasteiger partial charge in [-0.15, -0.1) is 0 Å². The molecule has 1 saturated heterocycles. The molecule has 4 heteroatoms. The molecule has 0 amide bonds. The minimum absolute atomic E-state index is 0.0420. The van der Waals surface area contributed by atoms with Gasteiger partial charge in [0.15, 0.2) is 0 Å². The van der Waals surface area contributed by atoms with E-state index in [9.17, 15) is 4.57 Å². The van der Waals surface area contributed by atoms with Gasteiger partial charge in [0.05, 0.1) is 12.1 Å². The third-order valence-electron chi connectivity index (χ3n) is 4.41. The lowest BCUT2D eigenvalue weighted by atomic mass is 9.95. The van der Waals surface area contributed by atoms with Crippen molar-refractivity contribution in [2.45, 2.75) is 12.1 Å². The Hall–Kier alpha value is -2.19. The molecule has 0 unspecified atom stereocenters. The van der Waals surface area contributed by atoms with Gasteiger partial charge < -0.3 is 0 Å². The highest BCUT2D eigenvalue weighted by molar-refractivity contribution is 7.68. The third kappa shape index (κ3) is 2.83. The van der Waals surface area contributed by atoms with E-state index in [2.05, 4.69) is 34.4 Å². The summed E-state index contributed by atoms with van der Waals surface area (Å²) in [4.78, 5) is 0. The lowest BCUT2D eigenvalue weighted by molar-refractivity contribution is 0.554. The fraction of sp³-hybridized carbons (Fsp3) is 0.100. The van der Waals surface area contributed by atoms with Crippen molar-refractivity contribution in [3.8, 4) is 0 Å². The fourth-order valence-corrected chi connectivity index (χ4v) is 5.56. The topological polar surface area (TPSA) is 41.1 Å². The fourth-order valence-electron chi connectivity index (χ4n) is 3.22. The average molecular weight is 334 g/mol. The number of rotatable bonds is 3. The predicted octanol–water partition coefficient (Wildman–Crippen LogP) is 4.18. The zero-order chi connectivity index (χ0) is 16.4. The van der Waals surface area contributed by atoms with Gasteiger partial charge in [-0.3, -0.25) is 4.57 Å². The highest BCUT2D eigenvalue weighted by Gasteiger charge is 2.42. The zero-order valence-electron chi connectivity index (χ0n) is 13.2. The molecule has 0 bridgehead atoms. The summed E-state index contributed by atoms with van der Waals surface area (Å²) >= 11 is 0. The molecule has 0 radical (unpaired) electrons. The van der Waals surface area contributed by atoms with E-state index in [1.165, 1.54) is 0 Å². The Morgan fingerprint density at radius 1 is 0.583 bits per heavy atom. The van der Waals surface area contributed by atoms with Gasteiger partial charge in [-0.05, 0) is 23.3 Å². The van der Waals surface area contributed by atoms with Crippen molar-refractivity contribution < 1.29 is 4.57 Å². The Kier molecular flexibility index (Phi) is 4.07. The Balaban J connectivity index is 1.77. The second kappa shape index (κ2) is 6.37. The van der Waals surface area contributed by atoms with Crippen LogP contribution in [0.4, 0.5) is 0 Å². The molecule has 1 fully saturated rings. The van der Waals surface area contributed by atoms with E-state index in [0.717, 1.165) is 16.4 Å². The van der Waals surface area contributed by atoms with Gasteiger partial charge in [0.1, 0.15) is 0 Å². The smallest absolute Gasteiger partial charge is 0.241 e. The molecule has 3 aromatic rings. The van der Waals surface area contributed by atoms with E-state index in [1.807, 2.05) is 66.7 Å². The molecule has 4 rings (SSSR count). The molecule has 1 aliphatic heterocycles. The Morgan fingerprint density at radius 3 is 1.38 bits per heavy atom. The van der Waals surface area contributed by atoms with Gasteiger partial charge in [0.2, 0.25) is 7.44 Å². The van der Waals surface area contributed by atoms with Gasteiger partial charge in [0.25, 0.3) is 0 Å². The predicted molar refractivity (Wildman–Crippen MR) is 98.3 cm³/mol. The van der Waals surface area contributed by atoms with Crippen LogP contribution in [0.5, 0.6) is 0 Å². The van der Waals surface area contributed by atoms with Gasteiger partial charge in [0, 0.05) is 5.30 Å². The molecule has 120 valence electrons. The first-order valence-electron chi connectivity index (χ1n) is 8.07. The van der Waals surface area contributed by atoms with Crippen molar-refractivity contribution in [1.29, 1.82) is 0 Å². The monoisotopic (exact) mass is 334 g/mol. The standard InChI is InChI=1S/C20H19N2OP/c23-24(18-14-8-3-9-15-18)21-19(16-10-4-1-5-11-16)20(22-24)17-12-6-2-7-13-17/h1-15,19-20H,(H2,21,22,23)/t19-,20-/m1/s1. The van der Waals surface area contributed by atoms with Crippen molar-refractivity contribution in [2.75, 3.05) is 0 Å². The summed E-state index contributed by atoms with van der Waals surface area (Å²) in [7, 11) is -2.87. The van der Waals surface area contributed by atoms with Crippen LogP contribution in [0.1, 0.15) is 23.2 Å².